The molecule has 0 N–H and O–H groups in total. The lowest BCUT2D eigenvalue weighted by Crippen LogP contribution is -2.26. The number of amides is 1. The molecule has 136 valence electrons. The van der Waals surface area contributed by atoms with Crippen molar-refractivity contribution in [3.8, 4) is 5.75 Å². The van der Waals surface area contributed by atoms with Gasteiger partial charge in [0.1, 0.15) is 5.75 Å². The normalized spacial score (nSPS) is 11.0. The number of pyridine rings is 1. The van der Waals surface area contributed by atoms with Crippen LogP contribution in [-0.4, -0.2) is 39.2 Å². The van der Waals surface area contributed by atoms with E-state index < -0.39 is 0 Å². The average Bonchev–Trinajstić information content (AvgIpc) is 2.89. The van der Waals surface area contributed by atoms with Gasteiger partial charge in [-0.2, -0.15) is 5.10 Å². The fourth-order valence-corrected chi connectivity index (χ4v) is 3.15. The van der Waals surface area contributed by atoms with Crippen molar-refractivity contribution in [2.75, 3.05) is 13.7 Å². The summed E-state index contributed by atoms with van der Waals surface area (Å²) in [5.74, 6) is 0.799. The summed E-state index contributed by atoms with van der Waals surface area (Å²) in [7, 11) is 3.66. The van der Waals surface area contributed by atoms with Gasteiger partial charge in [-0.25, -0.2) is 4.98 Å². The van der Waals surface area contributed by atoms with Gasteiger partial charge in [-0.1, -0.05) is 12.1 Å². The highest BCUT2D eigenvalue weighted by atomic mass is 16.5. The van der Waals surface area contributed by atoms with Gasteiger partial charge in [0.15, 0.2) is 5.65 Å². The highest BCUT2D eigenvalue weighted by Gasteiger charge is 2.20. The molecule has 0 spiro atoms. The van der Waals surface area contributed by atoms with Gasteiger partial charge >= 0.3 is 0 Å². The van der Waals surface area contributed by atoms with Gasteiger partial charge in [0.25, 0.3) is 5.91 Å². The number of aryl methyl sites for hydroxylation is 3. The molecule has 0 atom stereocenters. The predicted molar refractivity (Wildman–Crippen MR) is 101 cm³/mol. The third-order valence-electron chi connectivity index (χ3n) is 4.33. The molecule has 3 aromatic rings. The Morgan fingerprint density at radius 2 is 1.92 bits per heavy atom. The highest BCUT2D eigenvalue weighted by Crippen LogP contribution is 2.23. The summed E-state index contributed by atoms with van der Waals surface area (Å²) < 4.78 is 7.19. The molecular formula is C20H24N4O2. The van der Waals surface area contributed by atoms with Crippen LogP contribution in [0.5, 0.6) is 5.75 Å². The van der Waals surface area contributed by atoms with E-state index in [0.717, 1.165) is 33.7 Å². The summed E-state index contributed by atoms with van der Waals surface area (Å²) in [4.78, 5) is 19.3. The number of rotatable bonds is 5. The van der Waals surface area contributed by atoms with Crippen LogP contribution in [0.2, 0.25) is 0 Å². The predicted octanol–water partition coefficient (Wildman–Crippen LogP) is 3.26. The molecule has 2 heterocycles. The standard InChI is InChI=1S/C20H24N4O2/c1-6-26-16-9-7-15(8-10-16)12-23(4)20(25)17-11-13(2)21-19-18(17)14(3)22-24(19)5/h7-11H,6,12H2,1-5H3. The summed E-state index contributed by atoms with van der Waals surface area (Å²) in [5.41, 5.74) is 4.05. The molecule has 1 aromatic carbocycles. The molecule has 2 aromatic heterocycles. The van der Waals surface area contributed by atoms with Crippen molar-refractivity contribution in [1.82, 2.24) is 19.7 Å². The van der Waals surface area contributed by atoms with Crippen LogP contribution in [0.25, 0.3) is 11.0 Å². The zero-order chi connectivity index (χ0) is 18.8. The molecule has 0 aliphatic carbocycles. The maximum Gasteiger partial charge on any atom is 0.254 e. The van der Waals surface area contributed by atoms with Crippen LogP contribution >= 0.6 is 0 Å². The third-order valence-corrected chi connectivity index (χ3v) is 4.33. The molecule has 26 heavy (non-hydrogen) atoms. The lowest BCUT2D eigenvalue weighted by atomic mass is 10.1. The van der Waals surface area contributed by atoms with Crippen LogP contribution in [-0.2, 0) is 13.6 Å². The van der Waals surface area contributed by atoms with Crippen LogP contribution in [0, 0.1) is 13.8 Å². The molecule has 0 radical (unpaired) electrons. The zero-order valence-electron chi connectivity index (χ0n) is 15.9. The number of nitrogens with zero attached hydrogens (tertiary/aromatic N) is 4. The van der Waals surface area contributed by atoms with Crippen molar-refractivity contribution in [1.29, 1.82) is 0 Å². The first-order chi connectivity index (χ1) is 12.4. The quantitative estimate of drug-likeness (QED) is 0.707. The van der Waals surface area contributed by atoms with Crippen molar-refractivity contribution in [3.63, 3.8) is 0 Å². The second-order valence-corrected chi connectivity index (χ2v) is 6.46. The minimum atomic E-state index is -0.0366. The third kappa shape index (κ3) is 3.40. The van der Waals surface area contributed by atoms with Gasteiger partial charge in [0.05, 0.1) is 23.3 Å². The Morgan fingerprint density at radius 1 is 1.23 bits per heavy atom. The molecule has 3 rings (SSSR count). The van der Waals surface area contributed by atoms with Gasteiger partial charge in [-0.05, 0) is 44.5 Å². The maximum absolute atomic E-state index is 13.1. The SMILES string of the molecule is CCOc1ccc(CN(C)C(=O)c2cc(C)nc3c2c(C)nn3C)cc1. The molecule has 0 unspecified atom stereocenters. The van der Waals surface area contributed by atoms with Crippen molar-refractivity contribution in [3.05, 3.63) is 52.8 Å². The summed E-state index contributed by atoms with van der Waals surface area (Å²) in [5, 5.41) is 5.24. The molecule has 1 amide bonds. The first kappa shape index (κ1) is 17.9. The lowest BCUT2D eigenvalue weighted by Gasteiger charge is -2.18. The number of fused-ring (bicyclic) bond motifs is 1. The first-order valence-electron chi connectivity index (χ1n) is 8.68. The Morgan fingerprint density at radius 3 is 2.58 bits per heavy atom. The van der Waals surface area contributed by atoms with Crippen LogP contribution in [0.3, 0.4) is 0 Å². The highest BCUT2D eigenvalue weighted by molar-refractivity contribution is 6.06. The van der Waals surface area contributed by atoms with E-state index in [-0.39, 0.29) is 5.91 Å². The number of hydrogen-bond donors (Lipinski definition) is 0. The van der Waals surface area contributed by atoms with E-state index in [1.165, 1.54) is 0 Å². The van der Waals surface area contributed by atoms with Gasteiger partial charge in [-0.15, -0.1) is 0 Å². The van der Waals surface area contributed by atoms with Crippen molar-refractivity contribution >= 4 is 16.9 Å². The van der Waals surface area contributed by atoms with Crippen molar-refractivity contribution < 1.29 is 9.53 Å². The van der Waals surface area contributed by atoms with E-state index in [1.807, 2.05) is 65.2 Å². The van der Waals surface area contributed by atoms with E-state index in [0.29, 0.717) is 18.7 Å². The van der Waals surface area contributed by atoms with E-state index in [1.54, 1.807) is 9.58 Å². The van der Waals surface area contributed by atoms with Crippen molar-refractivity contribution in [2.45, 2.75) is 27.3 Å². The van der Waals surface area contributed by atoms with E-state index in [4.69, 9.17) is 4.74 Å². The molecular weight excluding hydrogens is 328 g/mol. The summed E-state index contributed by atoms with van der Waals surface area (Å²) in [6, 6.07) is 9.66. The lowest BCUT2D eigenvalue weighted by molar-refractivity contribution is 0.0787. The average molecular weight is 352 g/mol. The summed E-state index contributed by atoms with van der Waals surface area (Å²) >= 11 is 0. The molecule has 0 aliphatic heterocycles. The fraction of sp³-hybridized carbons (Fsp3) is 0.350. The van der Waals surface area contributed by atoms with Gasteiger partial charge in [0, 0.05) is 26.3 Å². The molecule has 0 saturated heterocycles. The monoisotopic (exact) mass is 352 g/mol. The van der Waals surface area contributed by atoms with Crippen LogP contribution < -0.4 is 4.74 Å². The van der Waals surface area contributed by atoms with Gasteiger partial charge < -0.3 is 9.64 Å². The minimum absolute atomic E-state index is 0.0366. The van der Waals surface area contributed by atoms with Crippen molar-refractivity contribution in [2.24, 2.45) is 7.05 Å². The molecule has 0 aliphatic rings. The first-order valence-corrected chi connectivity index (χ1v) is 8.68. The largest absolute Gasteiger partial charge is 0.494 e. The number of benzene rings is 1. The number of carbonyl (C=O) groups is 1. The zero-order valence-corrected chi connectivity index (χ0v) is 15.9. The Hall–Kier alpha value is -2.89. The Labute approximate surface area is 153 Å². The number of aromatic nitrogens is 3. The second kappa shape index (κ2) is 7.15. The number of ether oxygens (including phenoxy) is 1. The summed E-state index contributed by atoms with van der Waals surface area (Å²) in [6.07, 6.45) is 0. The fourth-order valence-electron chi connectivity index (χ4n) is 3.15. The van der Waals surface area contributed by atoms with E-state index in [9.17, 15) is 4.79 Å². The smallest absolute Gasteiger partial charge is 0.254 e. The number of hydrogen-bond acceptors (Lipinski definition) is 4. The minimum Gasteiger partial charge on any atom is -0.494 e. The molecule has 0 fully saturated rings. The molecule has 6 heteroatoms. The Kier molecular flexibility index (Phi) is 4.93. The molecule has 0 saturated carbocycles. The van der Waals surface area contributed by atoms with E-state index >= 15 is 0 Å². The van der Waals surface area contributed by atoms with Crippen LogP contribution in [0.15, 0.2) is 30.3 Å². The maximum atomic E-state index is 13.1. The van der Waals surface area contributed by atoms with Crippen LogP contribution in [0.1, 0.15) is 34.2 Å². The van der Waals surface area contributed by atoms with Gasteiger partial charge in [-0.3, -0.25) is 9.48 Å². The molecule has 6 nitrogen and oxygen atoms in total. The second-order valence-electron chi connectivity index (χ2n) is 6.46. The number of carbonyl (C=O) groups excluding carboxylic acids is 1. The topological polar surface area (TPSA) is 60.2 Å². The molecule has 0 bridgehead atoms. The van der Waals surface area contributed by atoms with Crippen LogP contribution in [0.4, 0.5) is 0 Å². The Balaban J connectivity index is 1.88. The van der Waals surface area contributed by atoms with Gasteiger partial charge in [0.2, 0.25) is 0 Å². The summed E-state index contributed by atoms with van der Waals surface area (Å²) in [6.45, 7) is 6.92. The van der Waals surface area contributed by atoms with E-state index in [2.05, 4.69) is 10.1 Å². The Bertz CT molecular complexity index is 945.